The van der Waals surface area contributed by atoms with E-state index in [-0.39, 0.29) is 11.9 Å². The number of aliphatic imine (C=N–C) groups is 1. The fourth-order valence-electron chi connectivity index (χ4n) is 3.68. The van der Waals surface area contributed by atoms with Crippen molar-refractivity contribution < 1.29 is 4.79 Å². The molecular weight excluding hydrogens is 370 g/mol. The molecule has 4 heteroatoms. The lowest BCUT2D eigenvalue weighted by Gasteiger charge is -2.18. The number of nitrogens with two attached hydrogens (primary N) is 1. The zero-order chi connectivity index (χ0) is 20.8. The molecule has 0 aromatic heterocycles. The number of amides is 1. The Morgan fingerprint density at radius 3 is 2.33 bits per heavy atom. The van der Waals surface area contributed by atoms with Crippen LogP contribution in [0.4, 0.5) is 0 Å². The fraction of sp³-hybridized carbons (Fsp3) is 0.154. The molecule has 3 N–H and O–H groups in total. The van der Waals surface area contributed by atoms with E-state index in [1.54, 1.807) is 0 Å². The lowest BCUT2D eigenvalue weighted by atomic mass is 9.99. The molecule has 0 saturated carbocycles. The molecule has 1 amide bonds. The third-order valence-corrected chi connectivity index (χ3v) is 5.27. The molecule has 0 radical (unpaired) electrons. The summed E-state index contributed by atoms with van der Waals surface area (Å²) in [5, 5.41) is 3.10. The summed E-state index contributed by atoms with van der Waals surface area (Å²) < 4.78 is 0. The second-order valence-corrected chi connectivity index (χ2v) is 7.38. The molecule has 0 fully saturated rings. The lowest BCUT2D eigenvalue weighted by Crippen LogP contribution is -2.42. The second kappa shape index (κ2) is 9.33. The van der Waals surface area contributed by atoms with Crippen LogP contribution in [0.1, 0.15) is 27.0 Å². The smallest absolute Gasteiger partial charge is 0.252 e. The van der Waals surface area contributed by atoms with Crippen LogP contribution in [0.2, 0.25) is 0 Å². The summed E-state index contributed by atoms with van der Waals surface area (Å²) in [4.78, 5) is 17.8. The van der Waals surface area contributed by atoms with Crippen LogP contribution in [0.25, 0.3) is 5.57 Å². The van der Waals surface area contributed by atoms with Gasteiger partial charge < -0.3 is 11.1 Å². The Morgan fingerprint density at radius 1 is 0.933 bits per heavy atom. The maximum absolute atomic E-state index is 13.1. The van der Waals surface area contributed by atoms with Gasteiger partial charge in [0.25, 0.3) is 5.91 Å². The molecule has 3 aromatic rings. The summed E-state index contributed by atoms with van der Waals surface area (Å²) in [5.41, 5.74) is 11.7. The maximum Gasteiger partial charge on any atom is 0.252 e. The van der Waals surface area contributed by atoms with Crippen molar-refractivity contribution in [3.05, 3.63) is 113 Å². The van der Waals surface area contributed by atoms with Crippen molar-refractivity contribution in [1.29, 1.82) is 0 Å². The van der Waals surface area contributed by atoms with Crippen molar-refractivity contribution >= 4 is 17.2 Å². The minimum Gasteiger partial charge on any atom is -0.348 e. The van der Waals surface area contributed by atoms with Gasteiger partial charge >= 0.3 is 0 Å². The average molecular weight is 396 g/mol. The van der Waals surface area contributed by atoms with Gasteiger partial charge in [-0.2, -0.15) is 0 Å². The molecule has 30 heavy (non-hydrogen) atoms. The Morgan fingerprint density at radius 2 is 1.60 bits per heavy atom. The Hall–Kier alpha value is -3.50. The van der Waals surface area contributed by atoms with Crippen LogP contribution >= 0.6 is 0 Å². The Kier molecular flexibility index (Phi) is 6.16. The van der Waals surface area contributed by atoms with E-state index in [1.165, 1.54) is 0 Å². The molecule has 1 aliphatic heterocycles. The lowest BCUT2D eigenvalue weighted by molar-refractivity contribution is 0.0938. The van der Waals surface area contributed by atoms with E-state index in [0.717, 1.165) is 28.0 Å². The highest BCUT2D eigenvalue weighted by molar-refractivity contribution is 6.19. The number of carbonyl (C=O) groups excluding carboxylic acids is 1. The SMILES string of the molecule is NC[C@@H](Cc1ccccc1)NC(=O)c1ccccc1C1=NCC(c2ccccc2)=C1. The largest absolute Gasteiger partial charge is 0.348 e. The molecule has 150 valence electrons. The van der Waals surface area contributed by atoms with Crippen LogP contribution in [0.5, 0.6) is 0 Å². The quantitative estimate of drug-likeness (QED) is 0.638. The van der Waals surface area contributed by atoms with Gasteiger partial charge in [-0.1, -0.05) is 78.9 Å². The monoisotopic (exact) mass is 395 g/mol. The predicted octanol–water partition coefficient (Wildman–Crippen LogP) is 3.87. The number of hydrogen-bond donors (Lipinski definition) is 2. The first kappa shape index (κ1) is 19.8. The number of nitrogens with zero attached hydrogens (tertiary/aromatic N) is 1. The van der Waals surface area contributed by atoms with Gasteiger partial charge in [-0.25, -0.2) is 0 Å². The normalized spacial score (nSPS) is 14.0. The highest BCUT2D eigenvalue weighted by Gasteiger charge is 2.20. The van der Waals surface area contributed by atoms with Crippen LogP contribution in [-0.2, 0) is 6.42 Å². The van der Waals surface area contributed by atoms with Crippen molar-refractivity contribution in [3.8, 4) is 0 Å². The highest BCUT2D eigenvalue weighted by Crippen LogP contribution is 2.23. The summed E-state index contributed by atoms with van der Waals surface area (Å²) in [6.45, 7) is 0.997. The number of carbonyl (C=O) groups is 1. The van der Waals surface area contributed by atoms with Gasteiger partial charge in [0.1, 0.15) is 0 Å². The molecule has 0 bridgehead atoms. The summed E-state index contributed by atoms with van der Waals surface area (Å²) in [6, 6.07) is 27.8. The molecule has 3 aromatic carbocycles. The topological polar surface area (TPSA) is 67.5 Å². The summed E-state index contributed by atoms with van der Waals surface area (Å²) in [6.07, 6.45) is 2.77. The predicted molar refractivity (Wildman–Crippen MR) is 123 cm³/mol. The van der Waals surface area contributed by atoms with Gasteiger partial charge in [0.15, 0.2) is 0 Å². The molecule has 1 atom stereocenters. The van der Waals surface area contributed by atoms with Crippen molar-refractivity contribution in [2.24, 2.45) is 10.7 Å². The molecule has 1 heterocycles. The van der Waals surface area contributed by atoms with E-state index in [9.17, 15) is 4.79 Å². The maximum atomic E-state index is 13.1. The zero-order valence-electron chi connectivity index (χ0n) is 16.8. The van der Waals surface area contributed by atoms with Crippen LogP contribution in [-0.4, -0.2) is 30.8 Å². The Labute approximate surface area is 177 Å². The van der Waals surface area contributed by atoms with E-state index in [4.69, 9.17) is 10.7 Å². The van der Waals surface area contributed by atoms with Gasteiger partial charge in [0.05, 0.1) is 12.3 Å². The third kappa shape index (κ3) is 4.56. The van der Waals surface area contributed by atoms with Gasteiger partial charge in [0.2, 0.25) is 0 Å². The van der Waals surface area contributed by atoms with Gasteiger partial charge in [-0.05, 0) is 35.3 Å². The van der Waals surface area contributed by atoms with Crippen molar-refractivity contribution in [3.63, 3.8) is 0 Å². The van der Waals surface area contributed by atoms with Crippen molar-refractivity contribution in [1.82, 2.24) is 5.32 Å². The number of nitrogens with one attached hydrogen (secondary N) is 1. The first-order valence-electron chi connectivity index (χ1n) is 10.2. The Bertz CT molecular complexity index is 1070. The van der Waals surface area contributed by atoms with Crippen molar-refractivity contribution in [2.45, 2.75) is 12.5 Å². The number of hydrogen-bond acceptors (Lipinski definition) is 3. The highest BCUT2D eigenvalue weighted by atomic mass is 16.1. The van der Waals surface area contributed by atoms with Crippen molar-refractivity contribution in [2.75, 3.05) is 13.1 Å². The van der Waals surface area contributed by atoms with Gasteiger partial charge in [0, 0.05) is 23.7 Å². The van der Waals surface area contributed by atoms with E-state index < -0.39 is 0 Å². The minimum absolute atomic E-state index is 0.124. The fourth-order valence-corrected chi connectivity index (χ4v) is 3.68. The summed E-state index contributed by atoms with van der Waals surface area (Å²) >= 11 is 0. The zero-order valence-corrected chi connectivity index (χ0v) is 16.8. The number of allylic oxidation sites excluding steroid dienone is 1. The molecule has 0 aliphatic carbocycles. The first-order chi connectivity index (χ1) is 14.7. The van der Waals surface area contributed by atoms with Crippen LogP contribution in [0.3, 0.4) is 0 Å². The Balaban J connectivity index is 1.53. The molecule has 1 aliphatic rings. The average Bonchev–Trinajstić information content (AvgIpc) is 3.30. The molecule has 0 spiro atoms. The molecule has 0 unspecified atom stereocenters. The number of rotatable bonds is 7. The number of benzene rings is 3. The van der Waals surface area contributed by atoms with E-state index in [2.05, 4.69) is 23.5 Å². The van der Waals surface area contributed by atoms with Crippen LogP contribution in [0.15, 0.2) is 96.0 Å². The standard InChI is InChI=1S/C26H25N3O/c27-17-22(15-19-9-3-1-4-10-19)29-26(30)24-14-8-7-13-23(24)25-16-21(18-28-25)20-11-5-2-6-12-20/h1-14,16,22H,15,17-18,27H2,(H,29,30)/t22-/m1/s1. The van der Waals surface area contributed by atoms with Crippen LogP contribution in [0, 0.1) is 0 Å². The van der Waals surface area contributed by atoms with Crippen LogP contribution < -0.4 is 11.1 Å². The van der Waals surface area contributed by atoms with Gasteiger partial charge in [-0.15, -0.1) is 0 Å². The van der Waals surface area contributed by atoms with E-state index >= 15 is 0 Å². The molecule has 4 nitrogen and oxygen atoms in total. The molecule has 4 rings (SSSR count). The van der Waals surface area contributed by atoms with E-state index in [1.807, 2.05) is 72.8 Å². The minimum atomic E-state index is -0.131. The van der Waals surface area contributed by atoms with Gasteiger partial charge in [-0.3, -0.25) is 9.79 Å². The molecular formula is C26H25N3O. The van der Waals surface area contributed by atoms with E-state index in [0.29, 0.717) is 25.1 Å². The molecule has 0 saturated heterocycles. The summed E-state index contributed by atoms with van der Waals surface area (Å²) in [7, 11) is 0. The third-order valence-electron chi connectivity index (χ3n) is 5.27. The summed E-state index contributed by atoms with van der Waals surface area (Å²) in [5.74, 6) is -0.124. The first-order valence-corrected chi connectivity index (χ1v) is 10.2. The second-order valence-electron chi connectivity index (χ2n) is 7.38.